The highest BCUT2D eigenvalue weighted by Crippen LogP contribution is 2.08. The van der Waals surface area contributed by atoms with Gasteiger partial charge in [-0.3, -0.25) is 0 Å². The Morgan fingerprint density at radius 2 is 2.00 bits per heavy atom. The summed E-state index contributed by atoms with van der Waals surface area (Å²) in [6, 6.07) is 8.19. The number of rotatable bonds is 0. The number of fused-ring (bicyclic) bond motifs is 1. The summed E-state index contributed by atoms with van der Waals surface area (Å²) in [5, 5.41) is 3.44. The minimum Gasteiger partial charge on any atom is -0.0881 e. The molecule has 0 fully saturated rings. The molecule has 1 aliphatic rings. The molecule has 0 radical (unpaired) electrons. The number of halogens is 1. The average molecular weight is 151 g/mol. The van der Waals surface area contributed by atoms with E-state index in [0.29, 0.717) is 0 Å². The van der Waals surface area contributed by atoms with E-state index in [2.05, 4.69) is 18.2 Å². The van der Waals surface area contributed by atoms with Crippen LogP contribution >= 0.6 is 11.6 Å². The van der Waals surface area contributed by atoms with Gasteiger partial charge >= 0.3 is 0 Å². The molecule has 0 bridgehead atoms. The molecular weight excluding hydrogens is 144 g/mol. The van der Waals surface area contributed by atoms with Crippen molar-refractivity contribution < 1.29 is 0 Å². The first kappa shape index (κ1) is 5.99. The predicted molar refractivity (Wildman–Crippen MR) is 44.0 cm³/mol. The highest BCUT2D eigenvalue weighted by molar-refractivity contribution is 6.45. The van der Waals surface area contributed by atoms with Crippen LogP contribution < -0.4 is 10.4 Å². The molecule has 2 rings (SSSR count). The number of hydrogen-bond donors (Lipinski definition) is 0. The minimum absolute atomic E-state index is 0.904. The van der Waals surface area contributed by atoms with Crippen LogP contribution in [0.4, 0.5) is 0 Å². The number of benzene rings is 1. The van der Waals surface area contributed by atoms with Crippen LogP contribution in [0.5, 0.6) is 0 Å². The molecule has 0 atom stereocenters. The van der Waals surface area contributed by atoms with Crippen molar-refractivity contribution in [2.45, 2.75) is 6.42 Å². The Morgan fingerprint density at radius 3 is 2.80 bits per heavy atom. The van der Waals surface area contributed by atoms with Crippen LogP contribution in [0.15, 0.2) is 24.3 Å². The van der Waals surface area contributed by atoms with Crippen LogP contribution in [0, 0.1) is 0 Å². The van der Waals surface area contributed by atoms with E-state index in [4.69, 9.17) is 11.6 Å². The first-order chi connectivity index (χ1) is 4.88. The molecule has 1 aromatic rings. The van der Waals surface area contributed by atoms with E-state index in [1.807, 2.05) is 12.1 Å². The maximum absolute atomic E-state index is 5.93. The van der Waals surface area contributed by atoms with E-state index in [9.17, 15) is 0 Å². The second kappa shape index (κ2) is 2.14. The van der Waals surface area contributed by atoms with Crippen molar-refractivity contribution in [3.63, 3.8) is 0 Å². The fraction of sp³-hybridized carbons (Fsp3) is 0.111. The van der Waals surface area contributed by atoms with Crippen LogP contribution in [-0.2, 0) is 0 Å². The third kappa shape index (κ3) is 0.764. The Morgan fingerprint density at radius 1 is 1.20 bits per heavy atom. The van der Waals surface area contributed by atoms with Gasteiger partial charge in [0.1, 0.15) is 0 Å². The standard InChI is InChI=1S/C9H7Cl/c10-9-6-5-7-3-1-2-4-8(7)9/h1-5H,6H2. The third-order valence-corrected chi connectivity index (χ3v) is 2.11. The highest BCUT2D eigenvalue weighted by atomic mass is 35.5. The molecule has 1 aliphatic carbocycles. The molecule has 0 N–H and O–H groups in total. The molecule has 0 saturated carbocycles. The Balaban J connectivity index is 2.96. The fourth-order valence-corrected chi connectivity index (χ4v) is 1.48. The van der Waals surface area contributed by atoms with E-state index in [1.165, 1.54) is 10.4 Å². The van der Waals surface area contributed by atoms with Crippen LogP contribution in [0.1, 0.15) is 6.42 Å². The highest BCUT2D eigenvalue weighted by Gasteiger charge is 1.98. The molecule has 0 aromatic heterocycles. The number of hydrogen-bond acceptors (Lipinski definition) is 0. The first-order valence-electron chi connectivity index (χ1n) is 3.32. The van der Waals surface area contributed by atoms with Crippen molar-refractivity contribution in [1.29, 1.82) is 0 Å². The van der Waals surface area contributed by atoms with Gasteiger partial charge in [-0.1, -0.05) is 41.9 Å². The van der Waals surface area contributed by atoms with Crippen LogP contribution in [0.2, 0.25) is 0 Å². The lowest BCUT2D eigenvalue weighted by atomic mass is 10.3. The normalized spacial score (nSPS) is 14.7. The molecule has 0 unspecified atom stereocenters. The Labute approximate surface area is 64.4 Å². The van der Waals surface area contributed by atoms with E-state index in [0.717, 1.165) is 11.5 Å². The third-order valence-electron chi connectivity index (χ3n) is 1.75. The topological polar surface area (TPSA) is 0 Å². The average Bonchev–Trinajstić information content (AvgIpc) is 2.34. The fourth-order valence-electron chi connectivity index (χ4n) is 1.23. The SMILES string of the molecule is ClC1=c2ccccc2=CC1. The zero-order valence-corrected chi connectivity index (χ0v) is 6.23. The van der Waals surface area contributed by atoms with Crippen molar-refractivity contribution in [1.82, 2.24) is 0 Å². The van der Waals surface area contributed by atoms with Gasteiger partial charge in [-0.05, 0) is 10.4 Å². The maximum Gasteiger partial charge on any atom is 0.0297 e. The van der Waals surface area contributed by atoms with Gasteiger partial charge in [-0.25, -0.2) is 0 Å². The molecular formula is C9H7Cl. The smallest absolute Gasteiger partial charge is 0.0297 e. The zero-order valence-electron chi connectivity index (χ0n) is 5.47. The molecule has 10 heavy (non-hydrogen) atoms. The Kier molecular flexibility index (Phi) is 1.28. The van der Waals surface area contributed by atoms with Gasteiger partial charge in [-0.15, -0.1) is 0 Å². The predicted octanol–water partition coefficient (Wildman–Crippen LogP) is 1.22. The molecule has 1 heteroatoms. The Bertz CT molecular complexity index is 363. The molecule has 0 nitrogen and oxygen atoms in total. The molecule has 50 valence electrons. The molecule has 0 spiro atoms. The van der Waals surface area contributed by atoms with Gasteiger partial charge in [0, 0.05) is 11.5 Å². The van der Waals surface area contributed by atoms with Gasteiger partial charge in [0.05, 0.1) is 0 Å². The first-order valence-corrected chi connectivity index (χ1v) is 3.69. The monoisotopic (exact) mass is 150 g/mol. The summed E-state index contributed by atoms with van der Waals surface area (Å²) in [7, 11) is 0. The largest absolute Gasteiger partial charge is 0.0881 e. The van der Waals surface area contributed by atoms with Gasteiger partial charge < -0.3 is 0 Å². The van der Waals surface area contributed by atoms with Crippen molar-refractivity contribution in [2.24, 2.45) is 0 Å². The Hall–Kier alpha value is -0.750. The lowest BCUT2D eigenvalue weighted by Crippen LogP contribution is -2.20. The quantitative estimate of drug-likeness (QED) is 0.522. The van der Waals surface area contributed by atoms with Crippen LogP contribution in [0.25, 0.3) is 11.1 Å². The van der Waals surface area contributed by atoms with Crippen molar-refractivity contribution >= 4 is 22.7 Å². The summed E-state index contributed by atoms with van der Waals surface area (Å²) in [5.74, 6) is 0. The summed E-state index contributed by atoms with van der Waals surface area (Å²) in [6.07, 6.45) is 3.05. The van der Waals surface area contributed by atoms with Gasteiger partial charge in [0.15, 0.2) is 0 Å². The summed E-state index contributed by atoms with van der Waals surface area (Å²) < 4.78 is 0. The lowest BCUT2D eigenvalue weighted by molar-refractivity contribution is 1.54. The molecule has 1 aromatic carbocycles. The lowest BCUT2D eigenvalue weighted by Gasteiger charge is -1.83. The van der Waals surface area contributed by atoms with Crippen molar-refractivity contribution in [2.75, 3.05) is 0 Å². The molecule has 0 saturated heterocycles. The summed E-state index contributed by atoms with van der Waals surface area (Å²) >= 11 is 5.93. The van der Waals surface area contributed by atoms with Crippen LogP contribution in [0.3, 0.4) is 0 Å². The van der Waals surface area contributed by atoms with E-state index in [1.54, 1.807) is 0 Å². The summed E-state index contributed by atoms with van der Waals surface area (Å²) in [6.45, 7) is 0. The van der Waals surface area contributed by atoms with Gasteiger partial charge in [0.2, 0.25) is 0 Å². The summed E-state index contributed by atoms with van der Waals surface area (Å²) in [4.78, 5) is 0. The second-order valence-electron chi connectivity index (χ2n) is 2.40. The minimum atomic E-state index is 0.904. The van der Waals surface area contributed by atoms with E-state index >= 15 is 0 Å². The van der Waals surface area contributed by atoms with Gasteiger partial charge in [-0.2, -0.15) is 0 Å². The van der Waals surface area contributed by atoms with Crippen molar-refractivity contribution in [3.05, 3.63) is 34.7 Å². The van der Waals surface area contributed by atoms with E-state index < -0.39 is 0 Å². The summed E-state index contributed by atoms with van der Waals surface area (Å²) in [5.41, 5.74) is 0. The van der Waals surface area contributed by atoms with E-state index in [-0.39, 0.29) is 0 Å². The molecule has 0 heterocycles. The maximum atomic E-state index is 5.93. The zero-order chi connectivity index (χ0) is 6.97. The van der Waals surface area contributed by atoms with Crippen LogP contribution in [-0.4, -0.2) is 0 Å². The van der Waals surface area contributed by atoms with Crippen molar-refractivity contribution in [3.8, 4) is 0 Å². The molecule has 0 amide bonds. The van der Waals surface area contributed by atoms with Gasteiger partial charge in [0.25, 0.3) is 0 Å². The second-order valence-corrected chi connectivity index (χ2v) is 2.86. The molecule has 0 aliphatic heterocycles.